The molecule has 0 aromatic heterocycles. The normalized spacial score (nSPS) is 12.1. The summed E-state index contributed by atoms with van der Waals surface area (Å²) in [6.07, 6.45) is 1.80. The fourth-order valence-electron chi connectivity index (χ4n) is 2.36. The number of nitrogens with one attached hydrogen (secondary N) is 3. The molecule has 0 spiro atoms. The van der Waals surface area contributed by atoms with Gasteiger partial charge in [-0.25, -0.2) is 8.42 Å². The molecule has 2 rings (SSSR count). The highest BCUT2D eigenvalue weighted by Gasteiger charge is 2.17. The predicted octanol–water partition coefficient (Wildman–Crippen LogP) is 3.49. The van der Waals surface area contributed by atoms with E-state index in [9.17, 15) is 18.0 Å². The summed E-state index contributed by atoms with van der Waals surface area (Å²) in [7, 11) is -3.46. The Labute approximate surface area is 169 Å². The molecule has 0 heterocycles. The van der Waals surface area contributed by atoms with E-state index < -0.39 is 15.9 Å². The van der Waals surface area contributed by atoms with Gasteiger partial charge in [-0.2, -0.15) is 0 Å². The van der Waals surface area contributed by atoms with Gasteiger partial charge in [0.2, 0.25) is 10.0 Å². The van der Waals surface area contributed by atoms with Crippen molar-refractivity contribution in [2.45, 2.75) is 26.3 Å². The van der Waals surface area contributed by atoms with Gasteiger partial charge in [0.25, 0.3) is 11.8 Å². The SMILES string of the molecule is CCC(C)NC(=O)c1ccccc1NC(=O)c1ccc(NS(C)(=O)=O)cc1Cl. The second-order valence-corrected chi connectivity index (χ2v) is 8.51. The van der Waals surface area contributed by atoms with Crippen molar-refractivity contribution in [3.8, 4) is 0 Å². The summed E-state index contributed by atoms with van der Waals surface area (Å²) in [5, 5.41) is 5.62. The number of halogens is 1. The molecule has 0 saturated heterocycles. The van der Waals surface area contributed by atoms with Crippen LogP contribution in [0.3, 0.4) is 0 Å². The highest BCUT2D eigenvalue weighted by atomic mass is 35.5. The minimum absolute atomic E-state index is 0.000547. The molecule has 0 bridgehead atoms. The smallest absolute Gasteiger partial charge is 0.257 e. The Kier molecular flexibility index (Phi) is 7.04. The second kappa shape index (κ2) is 9.07. The summed E-state index contributed by atoms with van der Waals surface area (Å²) < 4.78 is 24.9. The molecule has 2 amide bonds. The number of anilines is 2. The van der Waals surface area contributed by atoms with Gasteiger partial charge < -0.3 is 10.6 Å². The lowest BCUT2D eigenvalue weighted by Gasteiger charge is -2.15. The minimum Gasteiger partial charge on any atom is -0.350 e. The molecule has 7 nitrogen and oxygen atoms in total. The van der Waals surface area contributed by atoms with E-state index >= 15 is 0 Å². The van der Waals surface area contributed by atoms with Crippen molar-refractivity contribution in [3.63, 3.8) is 0 Å². The van der Waals surface area contributed by atoms with E-state index in [0.29, 0.717) is 11.3 Å². The fourth-order valence-corrected chi connectivity index (χ4v) is 3.18. The molecular formula is C19H22ClN3O4S. The third-order valence-corrected chi connectivity index (χ3v) is 4.85. The Morgan fingerprint density at radius 1 is 1.07 bits per heavy atom. The number of amides is 2. The maximum atomic E-state index is 12.6. The van der Waals surface area contributed by atoms with Crippen LogP contribution in [-0.2, 0) is 10.0 Å². The third-order valence-electron chi connectivity index (χ3n) is 3.93. The van der Waals surface area contributed by atoms with E-state index in [0.717, 1.165) is 12.7 Å². The molecule has 0 saturated carbocycles. The molecule has 2 aromatic rings. The first-order chi connectivity index (χ1) is 13.1. The van der Waals surface area contributed by atoms with Gasteiger partial charge in [-0.15, -0.1) is 0 Å². The van der Waals surface area contributed by atoms with Crippen molar-refractivity contribution in [2.75, 3.05) is 16.3 Å². The molecule has 0 fully saturated rings. The molecule has 28 heavy (non-hydrogen) atoms. The number of sulfonamides is 1. The van der Waals surface area contributed by atoms with Crippen LogP contribution in [0.15, 0.2) is 42.5 Å². The number of carbonyl (C=O) groups excluding carboxylic acids is 2. The molecule has 9 heteroatoms. The first-order valence-electron chi connectivity index (χ1n) is 8.59. The van der Waals surface area contributed by atoms with Crippen LogP contribution in [0.2, 0.25) is 5.02 Å². The summed E-state index contributed by atoms with van der Waals surface area (Å²) in [4.78, 5) is 25.1. The number of para-hydroxylation sites is 1. The highest BCUT2D eigenvalue weighted by molar-refractivity contribution is 7.92. The summed E-state index contributed by atoms with van der Waals surface area (Å²) in [5.74, 6) is -0.802. The Hall–Kier alpha value is -2.58. The maximum Gasteiger partial charge on any atom is 0.257 e. The first kappa shape index (κ1) is 21.7. The predicted molar refractivity (Wildman–Crippen MR) is 112 cm³/mol. The van der Waals surface area contributed by atoms with Crippen LogP contribution >= 0.6 is 11.6 Å². The zero-order valence-electron chi connectivity index (χ0n) is 15.7. The van der Waals surface area contributed by atoms with Crippen LogP contribution < -0.4 is 15.4 Å². The average molecular weight is 424 g/mol. The topological polar surface area (TPSA) is 104 Å². The lowest BCUT2D eigenvalue weighted by Crippen LogP contribution is -2.32. The molecule has 0 aliphatic heterocycles. The Morgan fingerprint density at radius 3 is 2.36 bits per heavy atom. The highest BCUT2D eigenvalue weighted by Crippen LogP contribution is 2.24. The molecule has 0 aliphatic rings. The monoisotopic (exact) mass is 423 g/mol. The van der Waals surface area contributed by atoms with Crippen molar-refractivity contribution >= 4 is 44.8 Å². The van der Waals surface area contributed by atoms with Gasteiger partial charge in [-0.05, 0) is 43.7 Å². The molecular weight excluding hydrogens is 402 g/mol. The molecule has 2 aromatic carbocycles. The number of carbonyl (C=O) groups is 2. The minimum atomic E-state index is -3.46. The Bertz CT molecular complexity index is 992. The van der Waals surface area contributed by atoms with Crippen LogP contribution in [0.5, 0.6) is 0 Å². The van der Waals surface area contributed by atoms with E-state index in [2.05, 4.69) is 15.4 Å². The van der Waals surface area contributed by atoms with Gasteiger partial charge in [-0.1, -0.05) is 30.7 Å². The van der Waals surface area contributed by atoms with E-state index in [1.165, 1.54) is 18.2 Å². The quantitative estimate of drug-likeness (QED) is 0.633. The van der Waals surface area contributed by atoms with Crippen LogP contribution in [0.25, 0.3) is 0 Å². The zero-order chi connectivity index (χ0) is 20.9. The molecule has 150 valence electrons. The van der Waals surface area contributed by atoms with E-state index in [4.69, 9.17) is 11.6 Å². The largest absolute Gasteiger partial charge is 0.350 e. The number of benzene rings is 2. The maximum absolute atomic E-state index is 12.6. The van der Waals surface area contributed by atoms with Crippen molar-refractivity contribution in [3.05, 3.63) is 58.6 Å². The van der Waals surface area contributed by atoms with E-state index in [-0.39, 0.29) is 28.2 Å². The van der Waals surface area contributed by atoms with E-state index in [1.54, 1.807) is 24.3 Å². The summed E-state index contributed by atoms with van der Waals surface area (Å²) in [5.41, 5.74) is 1.08. The lowest BCUT2D eigenvalue weighted by molar-refractivity contribution is 0.0940. The van der Waals surface area contributed by atoms with Crippen molar-refractivity contribution in [2.24, 2.45) is 0 Å². The van der Waals surface area contributed by atoms with Crippen LogP contribution in [0.1, 0.15) is 41.0 Å². The number of hydrogen-bond donors (Lipinski definition) is 3. The number of rotatable bonds is 7. The van der Waals surface area contributed by atoms with Crippen LogP contribution in [0, 0.1) is 0 Å². The molecule has 0 aliphatic carbocycles. The third kappa shape index (κ3) is 5.97. The summed E-state index contributed by atoms with van der Waals surface area (Å²) >= 11 is 6.13. The van der Waals surface area contributed by atoms with Gasteiger partial charge in [0.05, 0.1) is 28.1 Å². The van der Waals surface area contributed by atoms with Crippen molar-refractivity contribution in [1.82, 2.24) is 5.32 Å². The van der Waals surface area contributed by atoms with Crippen LogP contribution in [0.4, 0.5) is 11.4 Å². The van der Waals surface area contributed by atoms with Gasteiger partial charge in [0.1, 0.15) is 0 Å². The van der Waals surface area contributed by atoms with Gasteiger partial charge in [-0.3, -0.25) is 14.3 Å². The zero-order valence-corrected chi connectivity index (χ0v) is 17.3. The standard InChI is InChI=1S/C19H22ClN3O4S/c1-4-12(2)21-19(25)15-7-5-6-8-17(15)22-18(24)14-10-9-13(11-16(14)20)23-28(3,26)27/h5-12,23H,4H2,1-3H3,(H,21,25)(H,22,24). The van der Waals surface area contributed by atoms with Crippen molar-refractivity contribution < 1.29 is 18.0 Å². The number of hydrogen-bond acceptors (Lipinski definition) is 4. The average Bonchev–Trinajstić information content (AvgIpc) is 2.60. The van der Waals surface area contributed by atoms with Gasteiger partial charge in [0.15, 0.2) is 0 Å². The summed E-state index contributed by atoms with van der Waals surface area (Å²) in [6.45, 7) is 3.86. The second-order valence-electron chi connectivity index (χ2n) is 6.35. The molecule has 1 atom stereocenters. The van der Waals surface area contributed by atoms with Crippen LogP contribution in [-0.4, -0.2) is 32.5 Å². The Morgan fingerprint density at radius 2 is 1.75 bits per heavy atom. The van der Waals surface area contributed by atoms with Crippen molar-refractivity contribution in [1.29, 1.82) is 0 Å². The molecule has 1 unspecified atom stereocenters. The lowest BCUT2D eigenvalue weighted by atomic mass is 10.1. The Balaban J connectivity index is 2.23. The van der Waals surface area contributed by atoms with Gasteiger partial charge >= 0.3 is 0 Å². The summed E-state index contributed by atoms with van der Waals surface area (Å²) in [6, 6.07) is 10.8. The fraction of sp³-hybridized carbons (Fsp3) is 0.263. The molecule has 3 N–H and O–H groups in total. The van der Waals surface area contributed by atoms with E-state index in [1.807, 2.05) is 13.8 Å². The van der Waals surface area contributed by atoms with Gasteiger partial charge in [0, 0.05) is 11.7 Å². The first-order valence-corrected chi connectivity index (χ1v) is 10.9. The molecule has 0 radical (unpaired) electrons.